The van der Waals surface area contributed by atoms with E-state index in [9.17, 15) is 15.0 Å². The molecule has 1 aliphatic carbocycles. The second kappa shape index (κ2) is 5.15. The fourth-order valence-electron chi connectivity index (χ4n) is 2.48. The van der Waals surface area contributed by atoms with E-state index in [2.05, 4.69) is 0 Å². The van der Waals surface area contributed by atoms with Gasteiger partial charge in [-0.25, -0.2) is 0 Å². The Morgan fingerprint density at radius 3 is 2.65 bits per heavy atom. The first-order valence-corrected chi connectivity index (χ1v) is 5.33. The molecule has 0 bridgehead atoms. The van der Waals surface area contributed by atoms with Gasteiger partial charge in [0.15, 0.2) is 5.76 Å². The largest absolute Gasteiger partial charge is 1.00 e. The molecule has 1 heterocycles. The SMILES string of the molecule is Cc1c(C(=O)[O-])oc2c1C(O)CC(C)(C)C2.[K+]. The number of furan rings is 1. The van der Waals surface area contributed by atoms with Crippen molar-refractivity contribution in [2.45, 2.75) is 39.7 Å². The number of hydrogen-bond donors (Lipinski definition) is 1. The molecule has 0 radical (unpaired) electrons. The molecule has 0 saturated heterocycles. The molecule has 1 aromatic rings. The zero-order valence-corrected chi connectivity index (χ0v) is 13.8. The number of carboxylic acid groups (broad SMARTS) is 1. The molecule has 1 N–H and O–H groups in total. The number of fused-ring (bicyclic) bond motifs is 1. The van der Waals surface area contributed by atoms with Gasteiger partial charge in [0.2, 0.25) is 0 Å². The van der Waals surface area contributed by atoms with Crippen molar-refractivity contribution in [1.82, 2.24) is 0 Å². The molecule has 0 saturated carbocycles. The molecule has 0 aliphatic heterocycles. The van der Waals surface area contributed by atoms with Gasteiger partial charge in [-0.2, -0.15) is 0 Å². The van der Waals surface area contributed by atoms with Gasteiger partial charge in [-0.15, -0.1) is 0 Å². The molecule has 1 aliphatic rings. The average molecular weight is 262 g/mol. The summed E-state index contributed by atoms with van der Waals surface area (Å²) in [6, 6.07) is 0. The summed E-state index contributed by atoms with van der Waals surface area (Å²) in [6.07, 6.45) is 0.621. The van der Waals surface area contributed by atoms with Crippen molar-refractivity contribution in [1.29, 1.82) is 0 Å². The van der Waals surface area contributed by atoms with Gasteiger partial charge in [0.1, 0.15) is 11.7 Å². The summed E-state index contributed by atoms with van der Waals surface area (Å²) in [6.45, 7) is 5.69. The molecule has 0 amide bonds. The first-order chi connectivity index (χ1) is 7.32. The van der Waals surface area contributed by atoms with Crippen LogP contribution in [-0.2, 0) is 6.42 Å². The van der Waals surface area contributed by atoms with Crippen LogP contribution in [0.1, 0.15) is 53.8 Å². The van der Waals surface area contributed by atoms with Crippen LogP contribution in [0.5, 0.6) is 0 Å². The van der Waals surface area contributed by atoms with Crippen molar-refractivity contribution in [3.63, 3.8) is 0 Å². The van der Waals surface area contributed by atoms with Crippen molar-refractivity contribution < 1.29 is 70.8 Å². The van der Waals surface area contributed by atoms with Gasteiger partial charge in [0.25, 0.3) is 0 Å². The van der Waals surface area contributed by atoms with Crippen molar-refractivity contribution in [3.05, 3.63) is 22.6 Å². The molecule has 5 heteroatoms. The van der Waals surface area contributed by atoms with E-state index in [1.165, 1.54) is 0 Å². The summed E-state index contributed by atoms with van der Waals surface area (Å²) < 4.78 is 5.28. The molecular weight excluding hydrogens is 247 g/mol. The zero-order valence-electron chi connectivity index (χ0n) is 10.7. The molecule has 0 fully saturated rings. The van der Waals surface area contributed by atoms with Gasteiger partial charge in [-0.05, 0) is 18.8 Å². The smallest absolute Gasteiger partial charge is 0.542 e. The fourth-order valence-corrected chi connectivity index (χ4v) is 2.48. The van der Waals surface area contributed by atoms with Gasteiger partial charge < -0.3 is 19.4 Å². The van der Waals surface area contributed by atoms with Gasteiger partial charge in [0, 0.05) is 17.5 Å². The van der Waals surface area contributed by atoms with Crippen LogP contribution in [-0.4, -0.2) is 11.1 Å². The predicted molar refractivity (Wildman–Crippen MR) is 54.8 cm³/mol. The topological polar surface area (TPSA) is 73.5 Å². The summed E-state index contributed by atoms with van der Waals surface area (Å²) in [7, 11) is 0. The molecule has 0 spiro atoms. The number of rotatable bonds is 1. The zero-order chi connectivity index (χ0) is 12.1. The van der Waals surface area contributed by atoms with Crippen LogP contribution in [0, 0.1) is 12.3 Å². The minimum Gasteiger partial charge on any atom is -0.542 e. The number of carbonyl (C=O) groups excluding carboxylic acids is 1. The molecule has 17 heavy (non-hydrogen) atoms. The Balaban J connectivity index is 0.00000144. The van der Waals surface area contributed by atoms with Crippen molar-refractivity contribution in [2.75, 3.05) is 0 Å². The second-order valence-electron chi connectivity index (χ2n) is 5.24. The van der Waals surface area contributed by atoms with E-state index in [1.807, 2.05) is 13.8 Å². The first kappa shape index (κ1) is 15.4. The molecule has 4 nitrogen and oxygen atoms in total. The molecule has 88 valence electrons. The molecule has 1 unspecified atom stereocenters. The Kier molecular flexibility index (Phi) is 4.66. The summed E-state index contributed by atoms with van der Waals surface area (Å²) >= 11 is 0. The number of carbonyl (C=O) groups is 1. The quantitative estimate of drug-likeness (QED) is 0.592. The maximum absolute atomic E-state index is 10.8. The van der Waals surface area contributed by atoms with Gasteiger partial charge in [0.05, 0.1) is 6.10 Å². The predicted octanol–water partition coefficient (Wildman–Crippen LogP) is -2.04. The Hall–Kier alpha value is 0.346. The van der Waals surface area contributed by atoms with Crippen LogP contribution in [0.3, 0.4) is 0 Å². The van der Waals surface area contributed by atoms with Crippen molar-refractivity contribution in [3.8, 4) is 0 Å². The number of hydrogen-bond acceptors (Lipinski definition) is 4. The average Bonchev–Trinajstić information content (AvgIpc) is 2.40. The van der Waals surface area contributed by atoms with Crippen LogP contribution in [0.2, 0.25) is 0 Å². The van der Waals surface area contributed by atoms with Crippen LogP contribution < -0.4 is 56.5 Å². The monoisotopic (exact) mass is 262 g/mol. The summed E-state index contributed by atoms with van der Waals surface area (Å²) in [4.78, 5) is 10.8. The maximum atomic E-state index is 10.8. The van der Waals surface area contributed by atoms with Crippen LogP contribution in [0.25, 0.3) is 0 Å². The Morgan fingerprint density at radius 2 is 2.12 bits per heavy atom. The van der Waals surface area contributed by atoms with Crippen molar-refractivity contribution in [2.24, 2.45) is 5.41 Å². The van der Waals surface area contributed by atoms with Gasteiger partial charge in [-0.1, -0.05) is 13.8 Å². The van der Waals surface area contributed by atoms with E-state index < -0.39 is 12.1 Å². The van der Waals surface area contributed by atoms with Gasteiger partial charge in [-0.3, -0.25) is 0 Å². The van der Waals surface area contributed by atoms with E-state index >= 15 is 0 Å². The molecular formula is C12H15KO4. The van der Waals surface area contributed by atoms with Gasteiger partial charge >= 0.3 is 51.4 Å². The third-order valence-corrected chi connectivity index (χ3v) is 3.17. The summed E-state index contributed by atoms with van der Waals surface area (Å²) in [5.41, 5.74) is 1.07. The third kappa shape index (κ3) is 2.85. The molecule has 1 atom stereocenters. The summed E-state index contributed by atoms with van der Waals surface area (Å²) in [5, 5.41) is 20.8. The van der Waals surface area contributed by atoms with Crippen LogP contribution in [0.4, 0.5) is 0 Å². The second-order valence-corrected chi connectivity index (χ2v) is 5.24. The van der Waals surface area contributed by atoms with Crippen LogP contribution >= 0.6 is 0 Å². The number of aliphatic hydroxyl groups excluding tert-OH is 1. The molecule has 0 aromatic carbocycles. The number of aliphatic hydroxyl groups is 1. The van der Waals surface area contributed by atoms with E-state index in [0.717, 1.165) is 0 Å². The summed E-state index contributed by atoms with van der Waals surface area (Å²) in [5.74, 6) is -0.890. The maximum Gasteiger partial charge on any atom is 1.00 e. The Morgan fingerprint density at radius 1 is 1.53 bits per heavy atom. The minimum absolute atomic E-state index is 0. The van der Waals surface area contributed by atoms with Crippen molar-refractivity contribution >= 4 is 5.97 Å². The molecule has 1 aromatic heterocycles. The fraction of sp³-hybridized carbons (Fsp3) is 0.583. The first-order valence-electron chi connectivity index (χ1n) is 5.33. The normalized spacial score (nSPS) is 21.5. The van der Waals surface area contributed by atoms with Crippen LogP contribution in [0.15, 0.2) is 4.42 Å². The number of aromatic carboxylic acids is 1. The van der Waals surface area contributed by atoms with E-state index in [-0.39, 0.29) is 62.6 Å². The number of carboxylic acids is 1. The minimum atomic E-state index is -1.32. The van der Waals surface area contributed by atoms with E-state index in [0.29, 0.717) is 29.7 Å². The third-order valence-electron chi connectivity index (χ3n) is 3.17. The van der Waals surface area contributed by atoms with E-state index in [1.54, 1.807) is 6.92 Å². The standard InChI is InChI=1S/C12H16O4.K/c1-6-9-7(13)4-12(2,3)5-8(9)16-10(6)11(14)15;/h7,13H,4-5H2,1-3H3,(H,14,15);/q;+1/p-1. The van der Waals surface area contributed by atoms with E-state index in [4.69, 9.17) is 4.42 Å². The molecule has 2 rings (SSSR count). The Bertz CT molecular complexity index is 448. The Labute approximate surface area is 143 Å².